The molecular weight excluding hydrogens is 236 g/mol. The Labute approximate surface area is 108 Å². The van der Waals surface area contributed by atoms with Gasteiger partial charge in [0.2, 0.25) is 0 Å². The molecular formula is C13H22O5. The Morgan fingerprint density at radius 3 is 2.56 bits per heavy atom. The lowest BCUT2D eigenvalue weighted by Gasteiger charge is -2.19. The SMILES string of the molecule is C(COCC1CO1)OCCOC1CC2CCC1O2. The summed E-state index contributed by atoms with van der Waals surface area (Å²) in [7, 11) is 0. The minimum absolute atomic E-state index is 0.301. The van der Waals surface area contributed by atoms with Crippen molar-refractivity contribution in [3.05, 3.63) is 0 Å². The Kier molecular flexibility index (Phi) is 4.49. The third-order valence-corrected chi connectivity index (χ3v) is 3.69. The van der Waals surface area contributed by atoms with Crippen LogP contribution in [0.3, 0.4) is 0 Å². The van der Waals surface area contributed by atoms with Gasteiger partial charge in [-0.25, -0.2) is 0 Å². The first-order valence-electron chi connectivity index (χ1n) is 6.96. The Hall–Kier alpha value is -0.200. The van der Waals surface area contributed by atoms with Crippen molar-refractivity contribution in [1.82, 2.24) is 0 Å². The fourth-order valence-electron chi connectivity index (χ4n) is 2.62. The molecule has 0 aliphatic carbocycles. The molecule has 0 aromatic carbocycles. The summed E-state index contributed by atoms with van der Waals surface area (Å²) >= 11 is 0. The summed E-state index contributed by atoms with van der Waals surface area (Å²) in [6.45, 7) is 4.10. The van der Waals surface area contributed by atoms with E-state index >= 15 is 0 Å². The fourth-order valence-corrected chi connectivity index (χ4v) is 2.62. The van der Waals surface area contributed by atoms with Crippen molar-refractivity contribution in [2.75, 3.05) is 39.6 Å². The highest BCUT2D eigenvalue weighted by molar-refractivity contribution is 4.90. The monoisotopic (exact) mass is 258 g/mol. The molecule has 3 heterocycles. The van der Waals surface area contributed by atoms with Crippen molar-refractivity contribution in [1.29, 1.82) is 0 Å². The molecule has 5 nitrogen and oxygen atoms in total. The van der Waals surface area contributed by atoms with Crippen LogP contribution in [0.25, 0.3) is 0 Å². The van der Waals surface area contributed by atoms with Crippen LogP contribution in [-0.4, -0.2) is 64.1 Å². The van der Waals surface area contributed by atoms with Gasteiger partial charge in [-0.3, -0.25) is 0 Å². The van der Waals surface area contributed by atoms with Crippen LogP contribution in [0.5, 0.6) is 0 Å². The topological polar surface area (TPSA) is 49.5 Å². The van der Waals surface area contributed by atoms with Crippen LogP contribution in [0.4, 0.5) is 0 Å². The van der Waals surface area contributed by atoms with Crippen LogP contribution in [-0.2, 0) is 23.7 Å². The Balaban J connectivity index is 1.13. The maximum atomic E-state index is 5.78. The Bertz CT molecular complexity index is 256. The van der Waals surface area contributed by atoms with Gasteiger partial charge in [0.15, 0.2) is 0 Å². The van der Waals surface area contributed by atoms with E-state index in [9.17, 15) is 0 Å². The molecule has 104 valence electrons. The van der Waals surface area contributed by atoms with Gasteiger partial charge in [0, 0.05) is 6.42 Å². The molecule has 3 aliphatic rings. The van der Waals surface area contributed by atoms with Gasteiger partial charge in [0.25, 0.3) is 0 Å². The van der Waals surface area contributed by atoms with E-state index in [1.807, 2.05) is 0 Å². The summed E-state index contributed by atoms with van der Waals surface area (Å²) in [5.74, 6) is 0. The molecule has 0 aromatic heterocycles. The summed E-state index contributed by atoms with van der Waals surface area (Å²) in [6, 6.07) is 0. The molecule has 0 spiro atoms. The van der Waals surface area contributed by atoms with Crippen molar-refractivity contribution in [2.24, 2.45) is 0 Å². The van der Waals surface area contributed by atoms with Gasteiger partial charge in [0.1, 0.15) is 6.10 Å². The summed E-state index contributed by atoms with van der Waals surface area (Å²) in [5.41, 5.74) is 0. The second-order valence-electron chi connectivity index (χ2n) is 5.16. The van der Waals surface area contributed by atoms with E-state index in [2.05, 4.69) is 0 Å². The van der Waals surface area contributed by atoms with Crippen molar-refractivity contribution in [3.63, 3.8) is 0 Å². The lowest BCUT2D eigenvalue weighted by molar-refractivity contribution is -0.0349. The maximum absolute atomic E-state index is 5.78. The zero-order valence-electron chi connectivity index (χ0n) is 10.7. The highest BCUT2D eigenvalue weighted by Crippen LogP contribution is 2.35. The van der Waals surface area contributed by atoms with Gasteiger partial charge in [-0.15, -0.1) is 0 Å². The van der Waals surface area contributed by atoms with Gasteiger partial charge in [-0.05, 0) is 12.8 Å². The van der Waals surface area contributed by atoms with Crippen LogP contribution in [0.15, 0.2) is 0 Å². The van der Waals surface area contributed by atoms with Crippen LogP contribution in [0.1, 0.15) is 19.3 Å². The lowest BCUT2D eigenvalue weighted by atomic mass is 9.98. The third kappa shape index (κ3) is 3.65. The molecule has 0 saturated carbocycles. The molecule has 18 heavy (non-hydrogen) atoms. The predicted octanol–water partition coefficient (Wildman–Crippen LogP) is 0.755. The van der Waals surface area contributed by atoms with Crippen molar-refractivity contribution >= 4 is 0 Å². The minimum Gasteiger partial charge on any atom is -0.377 e. The third-order valence-electron chi connectivity index (χ3n) is 3.69. The molecule has 3 rings (SSSR count). The predicted molar refractivity (Wildman–Crippen MR) is 63.6 cm³/mol. The van der Waals surface area contributed by atoms with E-state index in [-0.39, 0.29) is 0 Å². The Morgan fingerprint density at radius 2 is 1.83 bits per heavy atom. The first-order chi connectivity index (χ1) is 8.92. The molecule has 4 atom stereocenters. The summed E-state index contributed by atoms with van der Waals surface area (Å²) in [4.78, 5) is 0. The molecule has 3 saturated heterocycles. The van der Waals surface area contributed by atoms with E-state index in [0.717, 1.165) is 19.4 Å². The minimum atomic E-state index is 0.301. The number of ether oxygens (including phenoxy) is 5. The van der Waals surface area contributed by atoms with Crippen molar-refractivity contribution < 1.29 is 23.7 Å². The summed E-state index contributed by atoms with van der Waals surface area (Å²) in [5, 5.41) is 0. The second kappa shape index (κ2) is 6.30. The molecule has 2 bridgehead atoms. The van der Waals surface area contributed by atoms with Crippen LogP contribution >= 0.6 is 0 Å². The first kappa shape index (κ1) is 12.8. The number of hydrogen-bond donors (Lipinski definition) is 0. The van der Waals surface area contributed by atoms with E-state index in [1.165, 1.54) is 6.42 Å². The molecule has 3 aliphatic heterocycles. The zero-order valence-corrected chi connectivity index (χ0v) is 10.7. The smallest absolute Gasteiger partial charge is 0.104 e. The molecule has 0 amide bonds. The second-order valence-corrected chi connectivity index (χ2v) is 5.16. The molecule has 3 fully saturated rings. The van der Waals surface area contributed by atoms with Gasteiger partial charge in [-0.2, -0.15) is 0 Å². The highest BCUT2D eigenvalue weighted by atomic mass is 16.6. The molecule has 5 heteroatoms. The average Bonchev–Trinajstić information content (AvgIpc) is 2.97. The van der Waals surface area contributed by atoms with Crippen LogP contribution < -0.4 is 0 Å². The van der Waals surface area contributed by atoms with Gasteiger partial charge < -0.3 is 23.7 Å². The largest absolute Gasteiger partial charge is 0.377 e. The molecule has 0 N–H and O–H groups in total. The van der Waals surface area contributed by atoms with E-state index in [1.54, 1.807) is 0 Å². The van der Waals surface area contributed by atoms with E-state index < -0.39 is 0 Å². The normalized spacial score (nSPS) is 37.3. The van der Waals surface area contributed by atoms with E-state index in [0.29, 0.717) is 57.5 Å². The number of hydrogen-bond acceptors (Lipinski definition) is 5. The Morgan fingerprint density at radius 1 is 1.00 bits per heavy atom. The van der Waals surface area contributed by atoms with Crippen LogP contribution in [0, 0.1) is 0 Å². The van der Waals surface area contributed by atoms with Gasteiger partial charge >= 0.3 is 0 Å². The van der Waals surface area contributed by atoms with Gasteiger partial charge in [0.05, 0.1) is 58.0 Å². The van der Waals surface area contributed by atoms with Crippen molar-refractivity contribution in [2.45, 2.75) is 43.7 Å². The quantitative estimate of drug-likeness (QED) is 0.451. The van der Waals surface area contributed by atoms with Gasteiger partial charge in [-0.1, -0.05) is 0 Å². The molecule has 0 aromatic rings. The van der Waals surface area contributed by atoms with E-state index in [4.69, 9.17) is 23.7 Å². The molecule has 0 radical (unpaired) electrons. The first-order valence-corrected chi connectivity index (χ1v) is 6.96. The number of rotatable bonds is 9. The number of fused-ring (bicyclic) bond motifs is 2. The lowest BCUT2D eigenvalue weighted by Crippen LogP contribution is -2.27. The van der Waals surface area contributed by atoms with Crippen molar-refractivity contribution in [3.8, 4) is 0 Å². The zero-order chi connectivity index (χ0) is 12.2. The summed E-state index contributed by atoms with van der Waals surface area (Å²) in [6.07, 6.45) is 4.88. The highest BCUT2D eigenvalue weighted by Gasteiger charge is 2.41. The number of epoxide rings is 1. The molecule has 4 unspecified atom stereocenters. The fraction of sp³-hybridized carbons (Fsp3) is 1.00. The average molecular weight is 258 g/mol. The standard InChI is InChI=1S/C13H22O5/c1-2-12-13(7-10(1)18-12)16-6-5-14-3-4-15-8-11-9-17-11/h10-13H,1-9H2. The van der Waals surface area contributed by atoms with Crippen LogP contribution in [0.2, 0.25) is 0 Å². The maximum Gasteiger partial charge on any atom is 0.104 e. The summed E-state index contributed by atoms with van der Waals surface area (Å²) < 4.78 is 27.4.